The van der Waals surface area contributed by atoms with E-state index < -0.39 is 26.5 Å². The Kier molecular flexibility index (Phi) is 42.0. The molecule has 1 N–H and O–H groups in total. The first-order valence-electron chi connectivity index (χ1n) is 24.5. The van der Waals surface area contributed by atoms with Gasteiger partial charge in [-0.05, 0) is 96.3 Å². The van der Waals surface area contributed by atoms with Crippen LogP contribution in [0.25, 0.3) is 0 Å². The molecule has 9 nitrogen and oxygen atoms in total. The summed E-state index contributed by atoms with van der Waals surface area (Å²) >= 11 is 0. The lowest BCUT2D eigenvalue weighted by Gasteiger charge is -2.24. The summed E-state index contributed by atoms with van der Waals surface area (Å²) in [5.74, 6) is -0.840. The number of ether oxygens (including phenoxy) is 2. The molecule has 0 bridgehead atoms. The van der Waals surface area contributed by atoms with Crippen molar-refractivity contribution in [3.63, 3.8) is 0 Å². The van der Waals surface area contributed by atoms with Gasteiger partial charge in [0.2, 0.25) is 0 Å². The van der Waals surface area contributed by atoms with Crippen molar-refractivity contribution in [3.05, 3.63) is 97.2 Å². The van der Waals surface area contributed by atoms with E-state index in [1.807, 2.05) is 21.1 Å². The molecule has 0 aliphatic carbocycles. The van der Waals surface area contributed by atoms with E-state index in [1.54, 1.807) is 0 Å². The number of unbranched alkanes of at least 4 members (excludes halogenated alkanes) is 13. The Labute approximate surface area is 385 Å². The van der Waals surface area contributed by atoms with Crippen molar-refractivity contribution in [2.45, 2.75) is 180 Å². The van der Waals surface area contributed by atoms with Crippen molar-refractivity contribution in [3.8, 4) is 0 Å². The van der Waals surface area contributed by atoms with Crippen LogP contribution in [-0.2, 0) is 32.7 Å². The standard InChI is InChI=1S/C53H90NO8P/c1-6-8-10-12-14-16-18-20-21-22-23-24-25-26-27-28-29-30-31-32-33-34-36-38-40-42-44-46-53(56)62-51(50-61-63(57,58)60-48-47-54(3,4)5)49-59-52(55)45-43-41-39-37-35-19-17-15-13-11-9-7-2/h8,10,14-17,20-21,23-24,26-27,29-30,32-33,51H,6-7,9,11-13,18-19,22,25,28,31,34-50H2,1-5H3/p+1/b10-8-,16-14-,17-15-,21-20-,24-23-,27-26-,30-29-,33-32-. The average molecular weight is 901 g/mol. The lowest BCUT2D eigenvalue weighted by Crippen LogP contribution is -2.37. The van der Waals surface area contributed by atoms with E-state index in [0.717, 1.165) is 116 Å². The molecule has 360 valence electrons. The number of nitrogens with zero attached hydrogens (tertiary/aromatic N) is 1. The highest BCUT2D eigenvalue weighted by atomic mass is 31.2. The van der Waals surface area contributed by atoms with Gasteiger partial charge in [-0.1, -0.05) is 162 Å². The maximum atomic E-state index is 12.7. The van der Waals surface area contributed by atoms with Crippen LogP contribution >= 0.6 is 7.82 Å². The number of likely N-dealkylation sites (N-methyl/N-ethyl adjacent to an activating group) is 1. The quantitative estimate of drug-likeness (QED) is 0.0212. The van der Waals surface area contributed by atoms with Crippen molar-refractivity contribution in [1.29, 1.82) is 0 Å². The highest BCUT2D eigenvalue weighted by molar-refractivity contribution is 7.47. The molecular formula is C53H91NO8P+. The van der Waals surface area contributed by atoms with Gasteiger partial charge in [-0.3, -0.25) is 18.6 Å². The van der Waals surface area contributed by atoms with E-state index in [2.05, 4.69) is 111 Å². The van der Waals surface area contributed by atoms with Crippen LogP contribution < -0.4 is 0 Å². The molecule has 2 atom stereocenters. The molecule has 0 radical (unpaired) electrons. The predicted molar refractivity (Wildman–Crippen MR) is 265 cm³/mol. The number of rotatable bonds is 43. The second kappa shape index (κ2) is 44.1. The maximum Gasteiger partial charge on any atom is 0.472 e. The Morgan fingerprint density at radius 1 is 0.508 bits per heavy atom. The zero-order chi connectivity index (χ0) is 46.4. The summed E-state index contributed by atoms with van der Waals surface area (Å²) in [4.78, 5) is 35.4. The molecule has 0 saturated heterocycles. The number of carbonyl (C=O) groups is 2. The van der Waals surface area contributed by atoms with Gasteiger partial charge < -0.3 is 18.9 Å². The number of hydrogen-bond donors (Lipinski definition) is 1. The predicted octanol–water partition coefficient (Wildman–Crippen LogP) is 14.5. The second-order valence-electron chi connectivity index (χ2n) is 17.1. The molecule has 0 aromatic heterocycles. The summed E-state index contributed by atoms with van der Waals surface area (Å²) in [5, 5.41) is 0. The number of carbonyl (C=O) groups excluding carboxylic acids is 2. The third-order valence-electron chi connectivity index (χ3n) is 9.85. The first kappa shape index (κ1) is 59.9. The zero-order valence-corrected chi connectivity index (χ0v) is 41.4. The van der Waals surface area contributed by atoms with Crippen LogP contribution in [0.4, 0.5) is 0 Å². The van der Waals surface area contributed by atoms with Crippen molar-refractivity contribution < 1.29 is 42.1 Å². The van der Waals surface area contributed by atoms with E-state index >= 15 is 0 Å². The number of quaternary nitrogens is 1. The summed E-state index contributed by atoms with van der Waals surface area (Å²) in [6.45, 7) is 4.23. The molecular weight excluding hydrogens is 810 g/mol. The molecule has 0 aliphatic heterocycles. The average Bonchev–Trinajstić information content (AvgIpc) is 3.24. The number of hydrogen-bond acceptors (Lipinski definition) is 7. The Morgan fingerprint density at radius 3 is 1.37 bits per heavy atom. The summed E-state index contributed by atoms with van der Waals surface area (Å²) < 4.78 is 34.3. The lowest BCUT2D eigenvalue weighted by atomic mass is 10.1. The Morgan fingerprint density at radius 2 is 0.905 bits per heavy atom. The van der Waals surface area contributed by atoms with E-state index in [4.69, 9.17) is 18.5 Å². The summed E-state index contributed by atoms with van der Waals surface area (Å²) in [7, 11) is 1.44. The van der Waals surface area contributed by atoms with E-state index in [9.17, 15) is 19.0 Å². The normalized spacial score (nSPS) is 14.3. The van der Waals surface area contributed by atoms with Crippen molar-refractivity contribution in [2.24, 2.45) is 0 Å². The van der Waals surface area contributed by atoms with Crippen LogP contribution in [0.1, 0.15) is 174 Å². The van der Waals surface area contributed by atoms with Gasteiger partial charge in [0.15, 0.2) is 6.10 Å². The largest absolute Gasteiger partial charge is 0.472 e. The van der Waals surface area contributed by atoms with Crippen LogP contribution in [0.3, 0.4) is 0 Å². The Bertz CT molecular complexity index is 1390. The topological polar surface area (TPSA) is 108 Å². The zero-order valence-electron chi connectivity index (χ0n) is 40.5. The molecule has 0 aliphatic rings. The molecule has 0 heterocycles. The highest BCUT2D eigenvalue weighted by Gasteiger charge is 2.27. The molecule has 0 saturated carbocycles. The van der Waals surface area contributed by atoms with Gasteiger partial charge in [-0.15, -0.1) is 0 Å². The van der Waals surface area contributed by atoms with Gasteiger partial charge in [-0.25, -0.2) is 4.57 Å². The molecule has 0 rings (SSSR count). The fraction of sp³-hybridized carbons (Fsp3) is 0.660. The third kappa shape index (κ3) is 48.2. The second-order valence-corrected chi connectivity index (χ2v) is 18.6. The molecule has 10 heteroatoms. The monoisotopic (exact) mass is 901 g/mol. The van der Waals surface area contributed by atoms with Crippen LogP contribution in [-0.4, -0.2) is 74.9 Å². The molecule has 2 unspecified atom stereocenters. The molecule has 0 fully saturated rings. The SMILES string of the molecule is CC/C=C\C/C=C\C/C=C\C/C=C\C/C=C\C/C=C\C/C=C\CCCCCCCC(=O)OC(COC(=O)CCCCCCC/C=C\CCCCC)COP(=O)(O)OCC[N+](C)(C)C. The van der Waals surface area contributed by atoms with Crippen LogP contribution in [0.15, 0.2) is 97.2 Å². The lowest BCUT2D eigenvalue weighted by molar-refractivity contribution is -0.870. The number of esters is 2. The van der Waals surface area contributed by atoms with Gasteiger partial charge >= 0.3 is 19.8 Å². The van der Waals surface area contributed by atoms with Gasteiger partial charge in [0.25, 0.3) is 0 Å². The molecule has 0 amide bonds. The van der Waals surface area contributed by atoms with Crippen LogP contribution in [0.2, 0.25) is 0 Å². The van der Waals surface area contributed by atoms with Gasteiger partial charge in [0.1, 0.15) is 19.8 Å². The Balaban J connectivity index is 4.32. The van der Waals surface area contributed by atoms with Crippen molar-refractivity contribution in [1.82, 2.24) is 0 Å². The first-order chi connectivity index (χ1) is 30.5. The Hall–Kier alpha value is -3.07. The molecule has 0 aromatic rings. The molecule has 63 heavy (non-hydrogen) atoms. The fourth-order valence-electron chi connectivity index (χ4n) is 6.05. The fourth-order valence-corrected chi connectivity index (χ4v) is 6.79. The minimum atomic E-state index is -4.39. The smallest absolute Gasteiger partial charge is 0.462 e. The summed E-state index contributed by atoms with van der Waals surface area (Å²) in [5.41, 5.74) is 0. The highest BCUT2D eigenvalue weighted by Crippen LogP contribution is 2.43. The van der Waals surface area contributed by atoms with Gasteiger partial charge in [0, 0.05) is 12.8 Å². The van der Waals surface area contributed by atoms with E-state index in [0.29, 0.717) is 17.4 Å². The van der Waals surface area contributed by atoms with E-state index in [-0.39, 0.29) is 32.0 Å². The third-order valence-corrected chi connectivity index (χ3v) is 10.8. The molecule has 0 spiro atoms. The minimum Gasteiger partial charge on any atom is -0.462 e. The maximum absolute atomic E-state index is 12.7. The van der Waals surface area contributed by atoms with Crippen molar-refractivity contribution >= 4 is 19.8 Å². The number of phosphoric ester groups is 1. The number of allylic oxidation sites excluding steroid dienone is 16. The molecule has 0 aromatic carbocycles. The van der Waals surface area contributed by atoms with Crippen molar-refractivity contribution in [2.75, 3.05) is 47.5 Å². The minimum absolute atomic E-state index is 0.0209. The summed E-state index contributed by atoms with van der Waals surface area (Å²) in [6, 6.07) is 0. The first-order valence-corrected chi connectivity index (χ1v) is 26.0. The van der Waals surface area contributed by atoms with Gasteiger partial charge in [0.05, 0.1) is 27.7 Å². The van der Waals surface area contributed by atoms with Gasteiger partial charge in [-0.2, -0.15) is 0 Å². The number of phosphoric acid groups is 1. The van der Waals surface area contributed by atoms with Crippen LogP contribution in [0, 0.1) is 0 Å². The summed E-state index contributed by atoms with van der Waals surface area (Å²) in [6.07, 6.45) is 58.9. The van der Waals surface area contributed by atoms with E-state index in [1.165, 1.54) is 25.7 Å². The van der Waals surface area contributed by atoms with Crippen LogP contribution in [0.5, 0.6) is 0 Å².